The number of carbonyl (C=O) groups is 3. The average molecular weight is 554 g/mol. The summed E-state index contributed by atoms with van der Waals surface area (Å²) >= 11 is 0. The van der Waals surface area contributed by atoms with Gasteiger partial charge in [0.05, 0.1) is 0 Å². The first-order chi connectivity index (χ1) is 19.0. The maximum absolute atomic E-state index is 12.4. The van der Waals surface area contributed by atoms with Crippen LogP contribution in [-0.4, -0.2) is 29.1 Å². The maximum atomic E-state index is 12.4. The highest BCUT2D eigenvalue weighted by molar-refractivity contribution is 6.01. The molecule has 0 aromatic rings. The molecule has 1 saturated heterocycles. The van der Waals surface area contributed by atoms with Crippen LogP contribution in [0.15, 0.2) is 23.8 Å². The molecule has 0 bridgehead atoms. The van der Waals surface area contributed by atoms with Gasteiger partial charge in [0, 0.05) is 19.3 Å². The number of hydrogen-bond acceptors (Lipinski definition) is 5. The van der Waals surface area contributed by atoms with Gasteiger partial charge in [0.2, 0.25) is 0 Å². The SMILES string of the molecule is CC[C@H](/C=C/[C@@H](C)[C@H]1CC[C@H]2C3CC=C4C[C@@H](OC(=O)ON5C(=O)CCC5=O)CC[C@]4(C)[C@H]3CC[C@]12C)C(C)C. The summed E-state index contributed by atoms with van der Waals surface area (Å²) in [6.07, 6.45) is 16.7. The fraction of sp³-hybridized carbons (Fsp3) is 0.794. The van der Waals surface area contributed by atoms with Gasteiger partial charge in [-0.1, -0.05) is 70.4 Å². The minimum Gasteiger partial charge on any atom is -0.429 e. The molecule has 2 amide bonds. The lowest BCUT2D eigenvalue weighted by Crippen LogP contribution is -2.51. The number of carbonyl (C=O) groups excluding carboxylic acids is 3. The number of imide groups is 1. The van der Waals surface area contributed by atoms with E-state index in [-0.39, 0.29) is 24.4 Å². The Balaban J connectivity index is 1.23. The molecular formula is C34H51NO5. The van der Waals surface area contributed by atoms with Gasteiger partial charge in [-0.05, 0) is 104 Å². The van der Waals surface area contributed by atoms with Crippen LogP contribution in [0, 0.1) is 52.3 Å². The number of ether oxygens (including phenoxy) is 1. The lowest BCUT2D eigenvalue weighted by atomic mass is 9.47. The Hall–Kier alpha value is -2.11. The molecule has 0 spiro atoms. The quantitative estimate of drug-likeness (QED) is 0.181. The molecule has 5 rings (SSSR count). The van der Waals surface area contributed by atoms with Gasteiger partial charge >= 0.3 is 6.16 Å². The van der Waals surface area contributed by atoms with Crippen molar-refractivity contribution in [1.82, 2.24) is 5.06 Å². The molecule has 5 aliphatic rings. The van der Waals surface area contributed by atoms with E-state index in [1.807, 2.05) is 0 Å². The van der Waals surface area contributed by atoms with Gasteiger partial charge in [0.15, 0.2) is 0 Å². The van der Waals surface area contributed by atoms with Crippen molar-refractivity contribution < 1.29 is 24.0 Å². The molecule has 0 aromatic heterocycles. The zero-order valence-corrected chi connectivity index (χ0v) is 25.6. The highest BCUT2D eigenvalue weighted by Gasteiger charge is 2.59. The van der Waals surface area contributed by atoms with E-state index in [0.717, 1.165) is 43.4 Å². The summed E-state index contributed by atoms with van der Waals surface area (Å²) in [4.78, 5) is 40.9. The second-order valence-corrected chi connectivity index (χ2v) is 14.5. The minimum absolute atomic E-state index is 0.0805. The zero-order valence-electron chi connectivity index (χ0n) is 25.6. The summed E-state index contributed by atoms with van der Waals surface area (Å²) in [5.74, 6) is 4.02. The molecule has 6 nitrogen and oxygen atoms in total. The van der Waals surface area contributed by atoms with Crippen molar-refractivity contribution in [2.24, 2.45) is 52.3 Å². The Morgan fingerprint density at radius 1 is 1.02 bits per heavy atom. The molecule has 1 aliphatic heterocycles. The van der Waals surface area contributed by atoms with Crippen LogP contribution < -0.4 is 0 Å². The normalized spacial score (nSPS) is 39.0. The zero-order chi connectivity index (χ0) is 28.8. The number of fused-ring (bicyclic) bond motifs is 5. The van der Waals surface area contributed by atoms with E-state index in [4.69, 9.17) is 9.57 Å². The number of amides is 2. The van der Waals surface area contributed by atoms with Crippen molar-refractivity contribution in [3.8, 4) is 0 Å². The van der Waals surface area contributed by atoms with Crippen LogP contribution >= 0.6 is 0 Å². The molecule has 1 unspecified atom stereocenters. The highest BCUT2D eigenvalue weighted by atomic mass is 16.8. The molecule has 222 valence electrons. The van der Waals surface area contributed by atoms with Crippen LogP contribution in [0.1, 0.15) is 112 Å². The summed E-state index contributed by atoms with van der Waals surface area (Å²) < 4.78 is 5.61. The van der Waals surface area contributed by atoms with Crippen molar-refractivity contribution in [1.29, 1.82) is 0 Å². The maximum Gasteiger partial charge on any atom is 0.534 e. The summed E-state index contributed by atoms with van der Waals surface area (Å²) in [6, 6.07) is 0. The van der Waals surface area contributed by atoms with Crippen molar-refractivity contribution in [3.05, 3.63) is 23.8 Å². The predicted molar refractivity (Wildman–Crippen MR) is 155 cm³/mol. The van der Waals surface area contributed by atoms with E-state index in [0.29, 0.717) is 34.1 Å². The third kappa shape index (κ3) is 5.17. The second kappa shape index (κ2) is 11.3. The van der Waals surface area contributed by atoms with Crippen molar-refractivity contribution >= 4 is 18.0 Å². The van der Waals surface area contributed by atoms with E-state index >= 15 is 0 Å². The molecular weight excluding hydrogens is 502 g/mol. The largest absolute Gasteiger partial charge is 0.534 e. The Morgan fingerprint density at radius 3 is 2.42 bits per heavy atom. The molecule has 6 heteroatoms. The lowest BCUT2D eigenvalue weighted by Gasteiger charge is -2.58. The predicted octanol–water partition coefficient (Wildman–Crippen LogP) is 8.03. The highest BCUT2D eigenvalue weighted by Crippen LogP contribution is 2.67. The lowest BCUT2D eigenvalue weighted by molar-refractivity contribution is -0.179. The topological polar surface area (TPSA) is 72.9 Å². The molecule has 3 saturated carbocycles. The Labute approximate surface area is 241 Å². The number of hydroxylamine groups is 2. The first kappa shape index (κ1) is 29.4. The molecule has 4 fully saturated rings. The van der Waals surface area contributed by atoms with Gasteiger partial charge in [-0.3, -0.25) is 14.4 Å². The van der Waals surface area contributed by atoms with Crippen LogP contribution in [0.3, 0.4) is 0 Å². The van der Waals surface area contributed by atoms with Gasteiger partial charge in [-0.15, -0.1) is 0 Å². The Kier molecular flexibility index (Phi) is 8.29. The smallest absolute Gasteiger partial charge is 0.429 e. The van der Waals surface area contributed by atoms with Crippen LogP contribution in [-0.2, 0) is 19.2 Å². The van der Waals surface area contributed by atoms with Crippen LogP contribution in [0.4, 0.5) is 4.79 Å². The first-order valence-corrected chi connectivity index (χ1v) is 16.1. The van der Waals surface area contributed by atoms with Crippen molar-refractivity contribution in [2.45, 2.75) is 118 Å². The molecule has 4 aliphatic carbocycles. The van der Waals surface area contributed by atoms with Gasteiger partial charge in [0.1, 0.15) is 6.10 Å². The summed E-state index contributed by atoms with van der Waals surface area (Å²) in [7, 11) is 0. The van der Waals surface area contributed by atoms with Gasteiger partial charge in [0.25, 0.3) is 11.8 Å². The Morgan fingerprint density at radius 2 is 1.75 bits per heavy atom. The number of hydrogen-bond donors (Lipinski definition) is 0. The molecule has 0 radical (unpaired) electrons. The fourth-order valence-electron chi connectivity index (χ4n) is 9.80. The standard InChI is InChI=1S/C34H51NO5/c1-7-23(21(2)3)9-8-22(4)27-12-13-28-26-11-10-24-20-25(39-32(38)40-35-30(36)14-15-31(35)37)16-18-33(24,5)29(26)17-19-34(27,28)6/h8-10,21-23,25-29H,7,11-20H2,1-6H3/b9-8+/t22-,23-,25+,26?,27-,28+,29+,33+,34-/m1/s1. The van der Waals surface area contributed by atoms with Crippen LogP contribution in [0.2, 0.25) is 0 Å². The minimum atomic E-state index is -0.946. The van der Waals surface area contributed by atoms with E-state index < -0.39 is 18.0 Å². The average Bonchev–Trinajstić information content (AvgIpc) is 3.42. The van der Waals surface area contributed by atoms with Gasteiger partial charge < -0.3 is 4.74 Å². The fourth-order valence-corrected chi connectivity index (χ4v) is 9.80. The summed E-state index contributed by atoms with van der Waals surface area (Å²) in [5.41, 5.74) is 2.00. The number of nitrogens with zero attached hydrogens (tertiary/aromatic N) is 1. The molecule has 40 heavy (non-hydrogen) atoms. The number of allylic oxidation sites excluding steroid dienone is 3. The van der Waals surface area contributed by atoms with Crippen LogP contribution in [0.5, 0.6) is 0 Å². The third-order valence-corrected chi connectivity index (χ3v) is 12.2. The van der Waals surface area contributed by atoms with Crippen LogP contribution in [0.25, 0.3) is 0 Å². The molecule has 0 N–H and O–H groups in total. The van der Waals surface area contributed by atoms with E-state index in [2.05, 4.69) is 59.8 Å². The molecule has 1 heterocycles. The van der Waals surface area contributed by atoms with Gasteiger partial charge in [-0.25, -0.2) is 4.79 Å². The number of rotatable bonds is 7. The van der Waals surface area contributed by atoms with Crippen molar-refractivity contribution in [2.75, 3.05) is 0 Å². The molecule has 0 aromatic carbocycles. The summed E-state index contributed by atoms with van der Waals surface area (Å²) in [5, 5.41) is 0.566. The Bertz CT molecular complexity index is 1050. The van der Waals surface area contributed by atoms with E-state index in [1.165, 1.54) is 37.7 Å². The van der Waals surface area contributed by atoms with Gasteiger partial charge in [-0.2, -0.15) is 0 Å². The van der Waals surface area contributed by atoms with E-state index in [9.17, 15) is 14.4 Å². The summed E-state index contributed by atoms with van der Waals surface area (Å²) in [6.45, 7) is 14.5. The monoisotopic (exact) mass is 553 g/mol. The third-order valence-electron chi connectivity index (χ3n) is 12.2. The molecule has 9 atom stereocenters. The van der Waals surface area contributed by atoms with E-state index in [1.54, 1.807) is 0 Å². The van der Waals surface area contributed by atoms with Crippen molar-refractivity contribution in [3.63, 3.8) is 0 Å². The second-order valence-electron chi connectivity index (χ2n) is 14.5. The first-order valence-electron chi connectivity index (χ1n) is 16.1.